The van der Waals surface area contributed by atoms with Gasteiger partial charge in [-0.15, -0.1) is 0 Å². The number of aryl methyl sites for hydroxylation is 1. The van der Waals surface area contributed by atoms with Crippen molar-refractivity contribution in [2.45, 2.75) is 77.2 Å². The summed E-state index contributed by atoms with van der Waals surface area (Å²) >= 11 is 0. The van der Waals surface area contributed by atoms with Crippen LogP contribution in [0.5, 0.6) is 0 Å². The van der Waals surface area contributed by atoms with Crippen LogP contribution >= 0.6 is 0 Å². The average molecular weight is 522 g/mol. The van der Waals surface area contributed by atoms with Gasteiger partial charge in [0.1, 0.15) is 0 Å². The van der Waals surface area contributed by atoms with E-state index < -0.39 is 30.3 Å². The third-order valence-electron chi connectivity index (χ3n) is 7.41. The van der Waals surface area contributed by atoms with Crippen LogP contribution in [0.1, 0.15) is 63.5 Å². The van der Waals surface area contributed by atoms with Crippen LogP contribution < -0.4 is 4.90 Å². The standard InChI is InChI=1S/C32H37F2NO3/c1-3-4-5-8-24-12-16-29(17-13-24)35(22-26-14-18-30(38-23(2)36)32(33,34)21-26)31(37)20-25-11-15-27-9-6-7-10-28(27)19-25/h6-7,9-13,15-17,19,26,30H,3-5,8,14,18,20-22H2,1-2H3/t26-,30+/m1/s1. The highest BCUT2D eigenvalue weighted by molar-refractivity contribution is 5.95. The van der Waals surface area contributed by atoms with Crippen molar-refractivity contribution < 1.29 is 23.1 Å². The van der Waals surface area contributed by atoms with E-state index in [0.717, 1.165) is 48.2 Å². The monoisotopic (exact) mass is 521 g/mol. The van der Waals surface area contributed by atoms with Crippen LogP contribution in [0.15, 0.2) is 66.7 Å². The molecule has 4 nitrogen and oxygen atoms in total. The first-order chi connectivity index (χ1) is 18.2. The van der Waals surface area contributed by atoms with Gasteiger partial charge in [0.25, 0.3) is 5.92 Å². The molecule has 4 rings (SSSR count). The van der Waals surface area contributed by atoms with Gasteiger partial charge in [-0.25, -0.2) is 8.78 Å². The Balaban J connectivity index is 1.53. The number of unbranched alkanes of at least 4 members (excludes halogenated alkanes) is 2. The highest BCUT2D eigenvalue weighted by Gasteiger charge is 2.47. The first-order valence-electron chi connectivity index (χ1n) is 13.7. The van der Waals surface area contributed by atoms with E-state index in [2.05, 4.69) is 6.92 Å². The molecule has 1 fully saturated rings. The summed E-state index contributed by atoms with van der Waals surface area (Å²) in [6, 6.07) is 21.9. The smallest absolute Gasteiger partial charge is 0.303 e. The molecule has 1 amide bonds. The number of alkyl halides is 2. The molecule has 3 aromatic rings. The Morgan fingerprint density at radius 1 is 0.947 bits per heavy atom. The lowest BCUT2D eigenvalue weighted by atomic mass is 9.84. The van der Waals surface area contributed by atoms with Crippen molar-refractivity contribution in [3.05, 3.63) is 77.9 Å². The van der Waals surface area contributed by atoms with Crippen molar-refractivity contribution in [3.63, 3.8) is 0 Å². The van der Waals surface area contributed by atoms with Gasteiger partial charge in [-0.1, -0.05) is 74.4 Å². The average Bonchev–Trinajstić information content (AvgIpc) is 2.89. The summed E-state index contributed by atoms with van der Waals surface area (Å²) in [5.41, 5.74) is 2.82. The second kappa shape index (κ2) is 12.5. The number of esters is 1. The molecule has 0 aromatic heterocycles. The molecule has 38 heavy (non-hydrogen) atoms. The molecule has 3 aromatic carbocycles. The highest BCUT2D eigenvalue weighted by atomic mass is 19.3. The zero-order valence-corrected chi connectivity index (χ0v) is 22.3. The molecule has 0 N–H and O–H groups in total. The van der Waals surface area contributed by atoms with Crippen LogP contribution in [0.2, 0.25) is 0 Å². The molecule has 1 aliphatic rings. The van der Waals surface area contributed by atoms with E-state index in [0.29, 0.717) is 6.42 Å². The van der Waals surface area contributed by atoms with Crippen LogP contribution in [0.4, 0.5) is 14.5 Å². The van der Waals surface area contributed by atoms with Crippen molar-refractivity contribution in [1.29, 1.82) is 0 Å². The fourth-order valence-corrected chi connectivity index (χ4v) is 5.37. The summed E-state index contributed by atoms with van der Waals surface area (Å²) < 4.78 is 34.6. The van der Waals surface area contributed by atoms with Gasteiger partial charge in [0, 0.05) is 25.6 Å². The fraction of sp³-hybridized carbons (Fsp3) is 0.438. The van der Waals surface area contributed by atoms with E-state index in [1.54, 1.807) is 4.90 Å². The van der Waals surface area contributed by atoms with Crippen LogP contribution in [-0.2, 0) is 27.2 Å². The van der Waals surface area contributed by atoms with Crippen molar-refractivity contribution in [2.24, 2.45) is 5.92 Å². The first kappa shape index (κ1) is 27.7. The van der Waals surface area contributed by atoms with Gasteiger partial charge in [-0.2, -0.15) is 0 Å². The van der Waals surface area contributed by atoms with E-state index in [1.807, 2.05) is 66.7 Å². The van der Waals surface area contributed by atoms with E-state index >= 15 is 0 Å². The minimum atomic E-state index is -3.12. The molecular formula is C32H37F2NO3. The van der Waals surface area contributed by atoms with Gasteiger partial charge in [0.2, 0.25) is 5.91 Å². The Bertz CT molecular complexity index is 1240. The molecule has 6 heteroatoms. The fourth-order valence-electron chi connectivity index (χ4n) is 5.37. The molecular weight excluding hydrogens is 484 g/mol. The van der Waals surface area contributed by atoms with Crippen molar-refractivity contribution in [2.75, 3.05) is 11.4 Å². The van der Waals surface area contributed by atoms with E-state index in [9.17, 15) is 18.4 Å². The van der Waals surface area contributed by atoms with Crippen LogP contribution in [-0.4, -0.2) is 30.4 Å². The Hall–Kier alpha value is -3.28. The lowest BCUT2D eigenvalue weighted by Crippen LogP contribution is -2.46. The summed E-state index contributed by atoms with van der Waals surface area (Å²) in [5, 5.41) is 2.16. The van der Waals surface area contributed by atoms with Gasteiger partial charge in [-0.3, -0.25) is 9.59 Å². The Kier molecular flexibility index (Phi) is 9.13. The zero-order chi connectivity index (χ0) is 27.1. The third kappa shape index (κ3) is 7.18. The van der Waals surface area contributed by atoms with Gasteiger partial charge >= 0.3 is 5.97 Å². The summed E-state index contributed by atoms with van der Waals surface area (Å²) in [6.07, 6.45) is 3.32. The zero-order valence-electron chi connectivity index (χ0n) is 22.3. The first-order valence-corrected chi connectivity index (χ1v) is 13.7. The van der Waals surface area contributed by atoms with Gasteiger partial charge in [0.05, 0.1) is 6.42 Å². The Morgan fingerprint density at radius 2 is 1.66 bits per heavy atom. The number of hydrogen-bond acceptors (Lipinski definition) is 3. The number of benzene rings is 3. The number of halogens is 2. The normalized spacial score (nSPS) is 18.7. The number of amides is 1. The summed E-state index contributed by atoms with van der Waals surface area (Å²) in [5.74, 6) is -4.34. The molecule has 0 saturated heterocycles. The number of ether oxygens (including phenoxy) is 1. The lowest BCUT2D eigenvalue weighted by Gasteiger charge is -2.37. The number of fused-ring (bicyclic) bond motifs is 1. The van der Waals surface area contributed by atoms with E-state index in [-0.39, 0.29) is 25.3 Å². The number of carbonyl (C=O) groups is 2. The van der Waals surface area contributed by atoms with Gasteiger partial charge < -0.3 is 9.64 Å². The van der Waals surface area contributed by atoms with Crippen molar-refractivity contribution >= 4 is 28.3 Å². The second-order valence-electron chi connectivity index (χ2n) is 10.5. The molecule has 1 aliphatic carbocycles. The quantitative estimate of drug-likeness (QED) is 0.205. The van der Waals surface area contributed by atoms with Gasteiger partial charge in [-0.05, 0) is 65.6 Å². The molecule has 2 atom stereocenters. The maximum atomic E-state index is 14.8. The third-order valence-corrected chi connectivity index (χ3v) is 7.41. The number of carbonyl (C=O) groups excluding carboxylic acids is 2. The predicted octanol–water partition coefficient (Wildman–Crippen LogP) is 7.52. The number of hydrogen-bond donors (Lipinski definition) is 0. The molecule has 0 heterocycles. The number of anilines is 1. The summed E-state index contributed by atoms with van der Waals surface area (Å²) in [4.78, 5) is 26.6. The molecule has 1 saturated carbocycles. The molecule has 0 unspecified atom stereocenters. The van der Waals surface area contributed by atoms with E-state index in [4.69, 9.17) is 4.74 Å². The Morgan fingerprint density at radius 3 is 2.34 bits per heavy atom. The molecule has 0 bridgehead atoms. The number of nitrogens with zero attached hydrogens (tertiary/aromatic N) is 1. The summed E-state index contributed by atoms with van der Waals surface area (Å²) in [7, 11) is 0. The molecule has 0 aliphatic heterocycles. The Labute approximate surface area is 224 Å². The van der Waals surface area contributed by atoms with Crippen LogP contribution in [0, 0.1) is 5.92 Å². The van der Waals surface area contributed by atoms with Crippen molar-refractivity contribution in [1.82, 2.24) is 0 Å². The molecule has 0 spiro atoms. The SMILES string of the molecule is CCCCCc1ccc(N(C[C@@H]2CC[C@H](OC(C)=O)C(F)(F)C2)C(=O)Cc2ccc3ccccc3c2)cc1. The maximum absolute atomic E-state index is 14.8. The maximum Gasteiger partial charge on any atom is 0.303 e. The predicted molar refractivity (Wildman–Crippen MR) is 148 cm³/mol. The highest BCUT2D eigenvalue weighted by Crippen LogP contribution is 2.39. The van der Waals surface area contributed by atoms with E-state index in [1.165, 1.54) is 12.0 Å². The van der Waals surface area contributed by atoms with Crippen molar-refractivity contribution in [3.8, 4) is 0 Å². The van der Waals surface area contributed by atoms with Gasteiger partial charge in [0.15, 0.2) is 6.10 Å². The largest absolute Gasteiger partial charge is 0.456 e. The van der Waals surface area contributed by atoms with Crippen LogP contribution in [0.3, 0.4) is 0 Å². The topological polar surface area (TPSA) is 46.6 Å². The summed E-state index contributed by atoms with van der Waals surface area (Å²) in [6.45, 7) is 3.52. The van der Waals surface area contributed by atoms with Crippen LogP contribution in [0.25, 0.3) is 10.8 Å². The second-order valence-corrected chi connectivity index (χ2v) is 10.5. The molecule has 202 valence electrons. The number of rotatable bonds is 10. The molecule has 0 radical (unpaired) electrons. The minimum absolute atomic E-state index is 0.0836. The minimum Gasteiger partial charge on any atom is -0.456 e. The lowest BCUT2D eigenvalue weighted by molar-refractivity contribution is -0.184.